The number of hydrogen-bond acceptors (Lipinski definition) is 3. The third-order valence-electron chi connectivity index (χ3n) is 1.55. The molecule has 0 heterocycles. The molecule has 0 fully saturated rings. The van der Waals surface area contributed by atoms with E-state index in [0.29, 0.717) is 5.76 Å². The Balaban J connectivity index is 3.81. The van der Waals surface area contributed by atoms with Crippen LogP contribution in [0.25, 0.3) is 0 Å². The van der Waals surface area contributed by atoms with E-state index in [1.54, 1.807) is 7.11 Å². The summed E-state index contributed by atoms with van der Waals surface area (Å²) in [5.74, 6) is 0.322. The van der Waals surface area contributed by atoms with Crippen molar-refractivity contribution >= 4 is 5.97 Å². The summed E-state index contributed by atoms with van der Waals surface area (Å²) >= 11 is 0. The second-order valence-corrected chi connectivity index (χ2v) is 2.87. The first-order valence-corrected chi connectivity index (χ1v) is 4.61. The van der Waals surface area contributed by atoms with Crippen molar-refractivity contribution < 1.29 is 14.3 Å². The van der Waals surface area contributed by atoms with Gasteiger partial charge in [0.25, 0.3) is 0 Å². The first kappa shape index (κ1) is 12.0. The lowest BCUT2D eigenvalue weighted by Crippen LogP contribution is -1.99. The molecule has 0 aromatic carbocycles. The fraction of sp³-hybridized carbons (Fsp3) is 0.700. The molecule has 0 N–H and O–H groups in total. The van der Waals surface area contributed by atoms with Crippen molar-refractivity contribution in [2.45, 2.75) is 39.5 Å². The second kappa shape index (κ2) is 7.65. The number of esters is 1. The Morgan fingerprint density at radius 3 is 2.54 bits per heavy atom. The number of rotatable bonds is 6. The molecule has 0 radical (unpaired) electrons. The molecule has 0 unspecified atom stereocenters. The molecule has 0 aliphatic rings. The van der Waals surface area contributed by atoms with Gasteiger partial charge in [-0.1, -0.05) is 19.8 Å². The Morgan fingerprint density at radius 2 is 2.08 bits per heavy atom. The highest BCUT2D eigenvalue weighted by molar-refractivity contribution is 5.67. The summed E-state index contributed by atoms with van der Waals surface area (Å²) in [6.45, 7) is 3.52. The standard InChI is InChI=1S/C10H18O3/c1-4-5-6-7-10(8-12-3)13-9(2)11/h8H,4-7H2,1-3H3/b10-8+. The van der Waals surface area contributed by atoms with Crippen molar-refractivity contribution in [2.75, 3.05) is 7.11 Å². The van der Waals surface area contributed by atoms with Crippen molar-refractivity contribution in [3.8, 4) is 0 Å². The third kappa shape index (κ3) is 7.37. The van der Waals surface area contributed by atoms with E-state index in [0.717, 1.165) is 25.7 Å². The molecule has 0 saturated carbocycles. The third-order valence-corrected chi connectivity index (χ3v) is 1.55. The molecule has 0 atom stereocenters. The van der Waals surface area contributed by atoms with Crippen molar-refractivity contribution in [1.82, 2.24) is 0 Å². The number of allylic oxidation sites excluding steroid dienone is 1. The number of hydrogen-bond donors (Lipinski definition) is 0. The Hall–Kier alpha value is -0.990. The Morgan fingerprint density at radius 1 is 1.38 bits per heavy atom. The van der Waals surface area contributed by atoms with Gasteiger partial charge in [-0.15, -0.1) is 0 Å². The summed E-state index contributed by atoms with van der Waals surface area (Å²) in [5.41, 5.74) is 0. The van der Waals surface area contributed by atoms with Gasteiger partial charge in [0.1, 0.15) is 12.0 Å². The molecule has 0 aliphatic heterocycles. The van der Waals surface area contributed by atoms with Crippen LogP contribution in [-0.2, 0) is 14.3 Å². The average molecular weight is 186 g/mol. The molecule has 0 amide bonds. The maximum atomic E-state index is 10.6. The van der Waals surface area contributed by atoms with Gasteiger partial charge >= 0.3 is 5.97 Å². The van der Waals surface area contributed by atoms with Gasteiger partial charge in [-0.25, -0.2) is 0 Å². The molecule has 0 saturated heterocycles. The Kier molecular flexibility index (Phi) is 7.07. The summed E-state index contributed by atoms with van der Waals surface area (Å²) in [4.78, 5) is 10.6. The normalized spacial score (nSPS) is 11.2. The van der Waals surface area contributed by atoms with E-state index < -0.39 is 0 Å². The number of unbranched alkanes of at least 4 members (excludes halogenated alkanes) is 2. The Labute approximate surface area is 79.7 Å². The molecule has 13 heavy (non-hydrogen) atoms. The first-order valence-electron chi connectivity index (χ1n) is 4.61. The number of methoxy groups -OCH3 is 1. The van der Waals surface area contributed by atoms with E-state index in [-0.39, 0.29) is 5.97 Å². The van der Waals surface area contributed by atoms with Crippen LogP contribution in [-0.4, -0.2) is 13.1 Å². The molecule has 3 nitrogen and oxygen atoms in total. The van der Waals surface area contributed by atoms with Gasteiger partial charge in [-0.05, 0) is 6.42 Å². The van der Waals surface area contributed by atoms with E-state index in [9.17, 15) is 4.79 Å². The van der Waals surface area contributed by atoms with Gasteiger partial charge in [0.15, 0.2) is 0 Å². The minimum absolute atomic E-state index is 0.292. The fourth-order valence-electron chi connectivity index (χ4n) is 0.999. The summed E-state index contributed by atoms with van der Waals surface area (Å²) in [5, 5.41) is 0. The van der Waals surface area contributed by atoms with Gasteiger partial charge in [0.05, 0.1) is 7.11 Å². The Bertz CT molecular complexity index is 173. The monoisotopic (exact) mass is 186 g/mol. The maximum absolute atomic E-state index is 10.6. The molecule has 0 aliphatic carbocycles. The summed E-state index contributed by atoms with van der Waals surface area (Å²) in [6.07, 6.45) is 5.57. The number of ether oxygens (including phenoxy) is 2. The minimum atomic E-state index is -0.292. The zero-order chi connectivity index (χ0) is 10.1. The van der Waals surface area contributed by atoms with Crippen LogP contribution >= 0.6 is 0 Å². The van der Waals surface area contributed by atoms with Crippen molar-refractivity contribution in [1.29, 1.82) is 0 Å². The predicted molar refractivity (Wildman–Crippen MR) is 51.0 cm³/mol. The van der Waals surface area contributed by atoms with Crippen LogP contribution in [0.1, 0.15) is 39.5 Å². The van der Waals surface area contributed by atoms with Crippen LogP contribution in [0.15, 0.2) is 12.0 Å². The molecule has 3 heteroatoms. The number of carbonyl (C=O) groups excluding carboxylic acids is 1. The van der Waals surface area contributed by atoms with Gasteiger partial charge < -0.3 is 9.47 Å². The molecule has 0 aromatic heterocycles. The van der Waals surface area contributed by atoms with Crippen LogP contribution in [0, 0.1) is 0 Å². The second-order valence-electron chi connectivity index (χ2n) is 2.87. The van der Waals surface area contributed by atoms with Gasteiger partial charge in [-0.3, -0.25) is 4.79 Å². The number of carbonyl (C=O) groups is 1. The molecule has 0 aromatic rings. The fourth-order valence-corrected chi connectivity index (χ4v) is 0.999. The zero-order valence-electron chi connectivity index (χ0n) is 8.63. The molecular formula is C10H18O3. The van der Waals surface area contributed by atoms with Crippen LogP contribution in [0.2, 0.25) is 0 Å². The summed E-state index contributed by atoms with van der Waals surface area (Å²) < 4.78 is 9.73. The van der Waals surface area contributed by atoms with Gasteiger partial charge in [0.2, 0.25) is 0 Å². The summed E-state index contributed by atoms with van der Waals surface area (Å²) in [6, 6.07) is 0. The molecular weight excluding hydrogens is 168 g/mol. The molecule has 0 rings (SSSR count). The lowest BCUT2D eigenvalue weighted by atomic mass is 10.2. The van der Waals surface area contributed by atoms with Crippen LogP contribution in [0.3, 0.4) is 0 Å². The zero-order valence-corrected chi connectivity index (χ0v) is 8.63. The first-order chi connectivity index (χ1) is 6.20. The maximum Gasteiger partial charge on any atom is 0.307 e. The van der Waals surface area contributed by atoms with Crippen molar-refractivity contribution in [3.05, 3.63) is 12.0 Å². The van der Waals surface area contributed by atoms with E-state index in [1.807, 2.05) is 0 Å². The van der Waals surface area contributed by atoms with Gasteiger partial charge in [0, 0.05) is 13.3 Å². The largest absolute Gasteiger partial charge is 0.501 e. The highest BCUT2D eigenvalue weighted by atomic mass is 16.5. The van der Waals surface area contributed by atoms with E-state index in [4.69, 9.17) is 9.47 Å². The summed E-state index contributed by atoms with van der Waals surface area (Å²) in [7, 11) is 1.54. The SMILES string of the molecule is CCCCC/C(=C\OC)OC(C)=O. The highest BCUT2D eigenvalue weighted by Gasteiger charge is 2.01. The van der Waals surface area contributed by atoms with E-state index in [1.165, 1.54) is 13.2 Å². The van der Waals surface area contributed by atoms with Gasteiger partial charge in [-0.2, -0.15) is 0 Å². The molecule has 0 bridgehead atoms. The topological polar surface area (TPSA) is 35.5 Å². The van der Waals surface area contributed by atoms with Crippen LogP contribution in [0.5, 0.6) is 0 Å². The lowest BCUT2D eigenvalue weighted by Gasteiger charge is -2.05. The molecule has 76 valence electrons. The van der Waals surface area contributed by atoms with E-state index >= 15 is 0 Å². The average Bonchev–Trinajstić information content (AvgIpc) is 2.04. The smallest absolute Gasteiger partial charge is 0.307 e. The van der Waals surface area contributed by atoms with Crippen molar-refractivity contribution in [2.24, 2.45) is 0 Å². The van der Waals surface area contributed by atoms with E-state index in [2.05, 4.69) is 6.92 Å². The lowest BCUT2D eigenvalue weighted by molar-refractivity contribution is -0.137. The molecule has 0 spiro atoms. The van der Waals surface area contributed by atoms with Crippen LogP contribution < -0.4 is 0 Å². The van der Waals surface area contributed by atoms with Crippen LogP contribution in [0.4, 0.5) is 0 Å². The minimum Gasteiger partial charge on any atom is -0.501 e. The van der Waals surface area contributed by atoms with Crippen molar-refractivity contribution in [3.63, 3.8) is 0 Å². The highest BCUT2D eigenvalue weighted by Crippen LogP contribution is 2.10. The quantitative estimate of drug-likeness (QED) is 0.363. The predicted octanol–water partition coefficient (Wildman–Crippen LogP) is 2.62.